The normalized spacial score (nSPS) is 12.0. The summed E-state index contributed by atoms with van der Waals surface area (Å²) in [5.41, 5.74) is 1.49. The molecule has 0 amide bonds. The number of benzene rings is 2. The molecule has 0 fully saturated rings. The van der Waals surface area contributed by atoms with Gasteiger partial charge in [-0.15, -0.1) is 11.8 Å². The minimum Gasteiger partial charge on any atom is -0.496 e. The van der Waals surface area contributed by atoms with Gasteiger partial charge in [0.15, 0.2) is 0 Å². The Morgan fingerprint density at radius 3 is 2.19 bits per heavy atom. The van der Waals surface area contributed by atoms with Gasteiger partial charge in [0.2, 0.25) is 0 Å². The van der Waals surface area contributed by atoms with Gasteiger partial charge in [0.25, 0.3) is 0 Å². The number of thioether (sulfide) groups is 1. The monoisotopic (exact) mass is 368 g/mol. The van der Waals surface area contributed by atoms with Crippen LogP contribution in [0, 0.1) is 0 Å². The largest absolute Gasteiger partial charge is 0.496 e. The third-order valence-corrected chi connectivity index (χ3v) is 4.59. The van der Waals surface area contributed by atoms with E-state index in [1.54, 1.807) is 38.1 Å². The highest BCUT2D eigenvalue weighted by Gasteiger charge is 2.18. The summed E-state index contributed by atoms with van der Waals surface area (Å²) in [5, 5.41) is 10.6. The first-order chi connectivity index (χ1) is 10.1. The number of hydrogen-bond acceptors (Lipinski definition) is 4. The number of halogens is 1. The molecule has 0 saturated heterocycles. The number of aliphatic hydroxyl groups is 1. The van der Waals surface area contributed by atoms with E-state index in [2.05, 4.69) is 15.9 Å². The maximum absolute atomic E-state index is 10.6. The molecule has 112 valence electrons. The Balaban J connectivity index is 2.43. The van der Waals surface area contributed by atoms with Crippen LogP contribution in [-0.4, -0.2) is 25.6 Å². The van der Waals surface area contributed by atoms with Gasteiger partial charge in [-0.2, -0.15) is 0 Å². The summed E-state index contributed by atoms with van der Waals surface area (Å²) in [4.78, 5) is 1.16. The van der Waals surface area contributed by atoms with Crippen LogP contribution in [0.2, 0.25) is 0 Å². The van der Waals surface area contributed by atoms with Gasteiger partial charge in [-0.3, -0.25) is 0 Å². The summed E-state index contributed by atoms with van der Waals surface area (Å²) < 4.78 is 11.4. The van der Waals surface area contributed by atoms with Crippen molar-refractivity contribution in [3.05, 3.63) is 52.0 Å². The maximum Gasteiger partial charge on any atom is 0.133 e. The van der Waals surface area contributed by atoms with Crippen molar-refractivity contribution in [3.63, 3.8) is 0 Å². The molecular weight excluding hydrogens is 352 g/mol. The van der Waals surface area contributed by atoms with Gasteiger partial charge >= 0.3 is 0 Å². The molecule has 5 heteroatoms. The summed E-state index contributed by atoms with van der Waals surface area (Å²) in [7, 11) is 3.18. The highest BCUT2D eigenvalue weighted by molar-refractivity contribution is 9.10. The second-order valence-electron chi connectivity index (χ2n) is 4.40. The van der Waals surface area contributed by atoms with E-state index in [4.69, 9.17) is 9.47 Å². The molecule has 21 heavy (non-hydrogen) atoms. The number of hydrogen-bond donors (Lipinski definition) is 1. The van der Waals surface area contributed by atoms with Crippen molar-refractivity contribution in [2.45, 2.75) is 11.0 Å². The first kappa shape index (κ1) is 16.2. The molecule has 0 aromatic heterocycles. The zero-order valence-corrected chi connectivity index (χ0v) is 14.5. The Morgan fingerprint density at radius 1 is 1.05 bits per heavy atom. The highest BCUT2D eigenvalue weighted by atomic mass is 79.9. The fourth-order valence-corrected chi connectivity index (χ4v) is 2.96. The molecular formula is C16H17BrO3S. The van der Waals surface area contributed by atoms with Crippen LogP contribution in [0.15, 0.2) is 45.8 Å². The topological polar surface area (TPSA) is 38.7 Å². The SMILES string of the molecule is COc1cc(C(O)c2ccc(SC)cc2)c(OC)cc1Br. The van der Waals surface area contributed by atoms with E-state index in [-0.39, 0.29) is 0 Å². The molecule has 2 aromatic carbocycles. The first-order valence-corrected chi connectivity index (χ1v) is 8.36. The summed E-state index contributed by atoms with van der Waals surface area (Å²) in [6.45, 7) is 0. The van der Waals surface area contributed by atoms with Crippen LogP contribution < -0.4 is 9.47 Å². The summed E-state index contributed by atoms with van der Waals surface area (Å²) >= 11 is 5.09. The van der Waals surface area contributed by atoms with Gasteiger partial charge in [0, 0.05) is 10.5 Å². The van der Waals surface area contributed by atoms with Crippen molar-refractivity contribution in [1.29, 1.82) is 0 Å². The molecule has 0 aliphatic rings. The molecule has 2 rings (SSSR count). The lowest BCUT2D eigenvalue weighted by Crippen LogP contribution is -2.03. The predicted octanol–water partition coefficient (Wildman–Crippen LogP) is 4.27. The van der Waals surface area contributed by atoms with Gasteiger partial charge in [0.05, 0.1) is 18.7 Å². The second-order valence-corrected chi connectivity index (χ2v) is 6.14. The second kappa shape index (κ2) is 7.20. The average molecular weight is 369 g/mol. The molecule has 0 aliphatic carbocycles. The lowest BCUT2D eigenvalue weighted by molar-refractivity contribution is 0.214. The van der Waals surface area contributed by atoms with E-state index in [1.807, 2.05) is 30.5 Å². The number of aliphatic hydroxyl groups excluding tert-OH is 1. The molecule has 0 radical (unpaired) electrons. The van der Waals surface area contributed by atoms with Crippen LogP contribution in [-0.2, 0) is 0 Å². The van der Waals surface area contributed by atoms with E-state index in [0.29, 0.717) is 17.1 Å². The molecule has 1 atom stereocenters. The molecule has 1 N–H and O–H groups in total. The lowest BCUT2D eigenvalue weighted by atomic mass is 10.0. The third-order valence-electron chi connectivity index (χ3n) is 3.23. The van der Waals surface area contributed by atoms with Crippen LogP contribution >= 0.6 is 27.7 Å². The van der Waals surface area contributed by atoms with Gasteiger partial charge in [-0.25, -0.2) is 0 Å². The zero-order chi connectivity index (χ0) is 15.4. The van der Waals surface area contributed by atoms with E-state index < -0.39 is 6.10 Å². The van der Waals surface area contributed by atoms with Crippen molar-refractivity contribution >= 4 is 27.7 Å². The number of methoxy groups -OCH3 is 2. The van der Waals surface area contributed by atoms with Gasteiger partial charge in [-0.05, 0) is 52.0 Å². The van der Waals surface area contributed by atoms with Crippen molar-refractivity contribution in [3.8, 4) is 11.5 Å². The Hall–Kier alpha value is -1.17. The summed E-state index contributed by atoms with van der Waals surface area (Å²) in [6.07, 6.45) is 1.26. The molecule has 0 saturated carbocycles. The molecule has 0 aliphatic heterocycles. The fourth-order valence-electron chi connectivity index (χ4n) is 2.06. The molecule has 0 heterocycles. The Morgan fingerprint density at radius 2 is 1.67 bits per heavy atom. The minimum atomic E-state index is -0.766. The minimum absolute atomic E-state index is 0.615. The number of ether oxygens (including phenoxy) is 2. The van der Waals surface area contributed by atoms with Crippen LogP contribution in [0.3, 0.4) is 0 Å². The quantitative estimate of drug-likeness (QED) is 0.799. The third kappa shape index (κ3) is 3.54. The van der Waals surface area contributed by atoms with Gasteiger partial charge in [-0.1, -0.05) is 12.1 Å². The molecule has 3 nitrogen and oxygen atoms in total. The van der Waals surface area contributed by atoms with Crippen LogP contribution in [0.1, 0.15) is 17.2 Å². The molecule has 0 bridgehead atoms. The van der Waals surface area contributed by atoms with Crippen molar-refractivity contribution < 1.29 is 14.6 Å². The first-order valence-electron chi connectivity index (χ1n) is 6.34. The van der Waals surface area contributed by atoms with Crippen molar-refractivity contribution in [2.24, 2.45) is 0 Å². The Kier molecular flexibility index (Phi) is 5.56. The van der Waals surface area contributed by atoms with Gasteiger partial charge < -0.3 is 14.6 Å². The Bertz CT molecular complexity index is 614. The highest BCUT2D eigenvalue weighted by Crippen LogP contribution is 2.38. The number of rotatable bonds is 5. The van der Waals surface area contributed by atoms with E-state index in [9.17, 15) is 5.11 Å². The van der Waals surface area contributed by atoms with E-state index in [0.717, 1.165) is 14.9 Å². The summed E-state index contributed by atoms with van der Waals surface area (Å²) in [6, 6.07) is 11.4. The molecule has 0 spiro atoms. The predicted molar refractivity (Wildman–Crippen MR) is 89.5 cm³/mol. The lowest BCUT2D eigenvalue weighted by Gasteiger charge is -2.17. The standard InChI is InChI=1S/C16H17BrO3S/c1-19-14-9-13(17)15(20-2)8-12(14)16(18)10-4-6-11(21-3)7-5-10/h4-9,16,18H,1-3H3. The zero-order valence-electron chi connectivity index (χ0n) is 12.1. The van der Waals surface area contributed by atoms with Crippen LogP contribution in [0.25, 0.3) is 0 Å². The fraction of sp³-hybridized carbons (Fsp3) is 0.250. The Labute approximate surface area is 137 Å². The van der Waals surface area contributed by atoms with E-state index >= 15 is 0 Å². The van der Waals surface area contributed by atoms with Crippen molar-refractivity contribution in [1.82, 2.24) is 0 Å². The average Bonchev–Trinajstić information content (AvgIpc) is 2.54. The van der Waals surface area contributed by atoms with Crippen LogP contribution in [0.4, 0.5) is 0 Å². The van der Waals surface area contributed by atoms with E-state index in [1.165, 1.54) is 0 Å². The van der Waals surface area contributed by atoms with Crippen LogP contribution in [0.5, 0.6) is 11.5 Å². The molecule has 2 aromatic rings. The smallest absolute Gasteiger partial charge is 0.133 e. The molecule has 1 unspecified atom stereocenters. The summed E-state index contributed by atoms with van der Waals surface area (Å²) in [5.74, 6) is 1.27. The van der Waals surface area contributed by atoms with Crippen molar-refractivity contribution in [2.75, 3.05) is 20.5 Å². The maximum atomic E-state index is 10.6. The van der Waals surface area contributed by atoms with Gasteiger partial charge in [0.1, 0.15) is 17.6 Å².